The maximum absolute atomic E-state index is 12.5. The highest BCUT2D eigenvalue weighted by Crippen LogP contribution is 2.38. The number of carbonyl (C=O) groups excluding carboxylic acids is 1. The van der Waals surface area contributed by atoms with Crippen LogP contribution in [-0.2, 0) is 7.05 Å². The molecule has 7 nitrogen and oxygen atoms in total. The summed E-state index contributed by atoms with van der Waals surface area (Å²) < 4.78 is 1.71. The van der Waals surface area contributed by atoms with Crippen molar-refractivity contribution >= 4 is 22.4 Å². The van der Waals surface area contributed by atoms with Gasteiger partial charge < -0.3 is 16.2 Å². The van der Waals surface area contributed by atoms with Gasteiger partial charge in [-0.1, -0.05) is 11.3 Å². The summed E-state index contributed by atoms with van der Waals surface area (Å²) in [7, 11) is 1.84. The third-order valence-corrected chi connectivity index (χ3v) is 5.00. The summed E-state index contributed by atoms with van der Waals surface area (Å²) in [6, 6.07) is -0.160. The molecule has 0 saturated heterocycles. The summed E-state index contributed by atoms with van der Waals surface area (Å²) in [5.74, 6) is 0.0377. The van der Waals surface area contributed by atoms with Crippen LogP contribution in [0.3, 0.4) is 0 Å². The largest absolute Gasteiger partial charge is 0.393 e. The van der Waals surface area contributed by atoms with Crippen LogP contribution < -0.4 is 11.1 Å². The summed E-state index contributed by atoms with van der Waals surface area (Å²) in [6.45, 7) is 1.77. The molecule has 2 aromatic rings. The molecule has 8 heteroatoms. The third kappa shape index (κ3) is 2.84. The summed E-state index contributed by atoms with van der Waals surface area (Å²) in [6.07, 6.45) is 4.74. The van der Waals surface area contributed by atoms with Crippen molar-refractivity contribution in [2.75, 3.05) is 5.73 Å². The number of anilines is 1. The molecule has 1 amide bonds. The molecule has 1 atom stereocenters. The van der Waals surface area contributed by atoms with Gasteiger partial charge in [-0.2, -0.15) is 5.10 Å². The Bertz CT molecular complexity index is 689. The average Bonchev–Trinajstić information content (AvgIpc) is 2.98. The Hall–Kier alpha value is -1.93. The minimum atomic E-state index is -0.276. The topological polar surface area (TPSA) is 106 Å². The second-order valence-corrected chi connectivity index (χ2v) is 6.78. The SMILES string of the molecule is Cc1nc(N)sc1C(=O)NC(c1cnn(C)c1)C1CC(O)C1. The van der Waals surface area contributed by atoms with E-state index in [1.807, 2.05) is 13.2 Å². The van der Waals surface area contributed by atoms with E-state index in [1.165, 1.54) is 11.3 Å². The van der Waals surface area contributed by atoms with Crippen LogP contribution in [0, 0.1) is 12.8 Å². The molecular formula is C14H19N5O2S. The monoisotopic (exact) mass is 321 g/mol. The Morgan fingerprint density at radius 3 is 2.82 bits per heavy atom. The number of amides is 1. The summed E-state index contributed by atoms with van der Waals surface area (Å²) in [5.41, 5.74) is 7.24. The number of aliphatic hydroxyl groups is 1. The lowest BCUT2D eigenvalue weighted by atomic mass is 9.75. The number of carbonyl (C=O) groups is 1. The first kappa shape index (κ1) is 15.0. The number of thiazole rings is 1. The molecule has 1 unspecified atom stereocenters. The number of nitrogens with two attached hydrogens (primary N) is 1. The average molecular weight is 321 g/mol. The first-order valence-corrected chi connectivity index (χ1v) is 7.96. The van der Waals surface area contributed by atoms with E-state index in [0.29, 0.717) is 28.5 Å². The maximum atomic E-state index is 12.5. The molecule has 4 N–H and O–H groups in total. The van der Waals surface area contributed by atoms with Gasteiger partial charge >= 0.3 is 0 Å². The van der Waals surface area contributed by atoms with Crippen molar-refractivity contribution in [1.82, 2.24) is 20.1 Å². The molecule has 2 heterocycles. The minimum absolute atomic E-state index is 0.160. The molecule has 1 saturated carbocycles. The van der Waals surface area contributed by atoms with Crippen LogP contribution in [0.2, 0.25) is 0 Å². The van der Waals surface area contributed by atoms with Crippen LogP contribution >= 0.6 is 11.3 Å². The zero-order valence-corrected chi connectivity index (χ0v) is 13.3. The fourth-order valence-corrected chi connectivity index (χ4v) is 3.55. The van der Waals surface area contributed by atoms with E-state index in [0.717, 1.165) is 5.56 Å². The van der Waals surface area contributed by atoms with Gasteiger partial charge in [-0.05, 0) is 25.7 Å². The molecule has 118 valence electrons. The highest BCUT2D eigenvalue weighted by atomic mass is 32.1. The van der Waals surface area contributed by atoms with Gasteiger partial charge in [0.05, 0.1) is 24.0 Å². The van der Waals surface area contributed by atoms with Gasteiger partial charge in [-0.25, -0.2) is 4.98 Å². The molecule has 0 bridgehead atoms. The number of nitrogen functional groups attached to an aromatic ring is 1. The van der Waals surface area contributed by atoms with Crippen molar-refractivity contribution in [3.05, 3.63) is 28.5 Å². The number of nitrogens with zero attached hydrogens (tertiary/aromatic N) is 3. The van der Waals surface area contributed by atoms with Crippen molar-refractivity contribution in [3.8, 4) is 0 Å². The Morgan fingerprint density at radius 2 is 2.32 bits per heavy atom. The van der Waals surface area contributed by atoms with Gasteiger partial charge in [0.1, 0.15) is 4.88 Å². The van der Waals surface area contributed by atoms with Gasteiger partial charge in [0.15, 0.2) is 5.13 Å². The highest BCUT2D eigenvalue weighted by molar-refractivity contribution is 7.17. The number of hydrogen-bond acceptors (Lipinski definition) is 6. The lowest BCUT2D eigenvalue weighted by molar-refractivity contribution is 0.0235. The molecule has 1 aliphatic carbocycles. The van der Waals surface area contributed by atoms with Crippen LogP contribution in [0.4, 0.5) is 5.13 Å². The zero-order chi connectivity index (χ0) is 15.9. The second-order valence-electron chi connectivity index (χ2n) is 5.75. The van der Waals surface area contributed by atoms with Crippen molar-refractivity contribution in [1.29, 1.82) is 0 Å². The van der Waals surface area contributed by atoms with Crippen molar-refractivity contribution in [3.63, 3.8) is 0 Å². The lowest BCUT2D eigenvalue weighted by Gasteiger charge is -2.37. The fourth-order valence-electron chi connectivity index (χ4n) is 2.81. The molecule has 2 aromatic heterocycles. The molecule has 1 fully saturated rings. The minimum Gasteiger partial charge on any atom is -0.393 e. The van der Waals surface area contributed by atoms with E-state index < -0.39 is 0 Å². The first-order valence-electron chi connectivity index (χ1n) is 7.14. The zero-order valence-electron chi connectivity index (χ0n) is 12.5. The molecule has 0 aromatic carbocycles. The van der Waals surface area contributed by atoms with E-state index >= 15 is 0 Å². The quantitative estimate of drug-likeness (QED) is 0.779. The molecule has 3 rings (SSSR count). The van der Waals surface area contributed by atoms with E-state index in [4.69, 9.17) is 5.73 Å². The Labute approximate surface area is 132 Å². The standard InChI is InChI=1S/C14H19N5O2S/c1-7-12(22-14(15)17-7)13(21)18-11(8-3-10(20)4-8)9-5-16-19(2)6-9/h5-6,8,10-11,20H,3-4H2,1-2H3,(H2,15,17)(H,18,21). The van der Waals surface area contributed by atoms with Gasteiger partial charge in [0.25, 0.3) is 5.91 Å². The number of nitrogens with one attached hydrogen (secondary N) is 1. The summed E-state index contributed by atoms with van der Waals surface area (Å²) in [5, 5.41) is 17.2. The summed E-state index contributed by atoms with van der Waals surface area (Å²) in [4.78, 5) is 17.1. The predicted octanol–water partition coefficient (Wildman–Crippen LogP) is 1.01. The normalized spacial score (nSPS) is 22.1. The van der Waals surface area contributed by atoms with Crippen LogP contribution in [0.15, 0.2) is 12.4 Å². The van der Waals surface area contributed by atoms with E-state index in [1.54, 1.807) is 17.8 Å². The Kier molecular flexibility index (Phi) is 3.88. The fraction of sp³-hybridized carbons (Fsp3) is 0.500. The van der Waals surface area contributed by atoms with Crippen molar-refractivity contribution in [2.45, 2.75) is 31.9 Å². The number of aliphatic hydroxyl groups excluding tert-OH is 1. The highest BCUT2D eigenvalue weighted by Gasteiger charge is 2.36. The molecule has 1 aliphatic rings. The van der Waals surface area contributed by atoms with E-state index in [2.05, 4.69) is 15.4 Å². The molecule has 0 aliphatic heterocycles. The number of hydrogen-bond donors (Lipinski definition) is 3. The van der Waals surface area contributed by atoms with Gasteiger partial charge in [0, 0.05) is 18.8 Å². The second kappa shape index (κ2) is 5.69. The van der Waals surface area contributed by atoms with E-state index in [9.17, 15) is 9.90 Å². The number of aromatic nitrogens is 3. The van der Waals surface area contributed by atoms with Crippen LogP contribution in [-0.4, -0.2) is 31.9 Å². The van der Waals surface area contributed by atoms with E-state index in [-0.39, 0.29) is 24.0 Å². The smallest absolute Gasteiger partial charge is 0.263 e. The Balaban J connectivity index is 1.81. The molecular weight excluding hydrogens is 302 g/mol. The Morgan fingerprint density at radius 1 is 1.59 bits per heavy atom. The van der Waals surface area contributed by atoms with Crippen molar-refractivity contribution < 1.29 is 9.90 Å². The molecule has 22 heavy (non-hydrogen) atoms. The van der Waals surface area contributed by atoms with Crippen LogP contribution in [0.25, 0.3) is 0 Å². The van der Waals surface area contributed by atoms with Crippen molar-refractivity contribution in [2.24, 2.45) is 13.0 Å². The summed E-state index contributed by atoms with van der Waals surface area (Å²) >= 11 is 1.19. The van der Waals surface area contributed by atoms with Gasteiger partial charge in [0.2, 0.25) is 0 Å². The van der Waals surface area contributed by atoms with Gasteiger partial charge in [-0.3, -0.25) is 9.48 Å². The van der Waals surface area contributed by atoms with Gasteiger partial charge in [-0.15, -0.1) is 0 Å². The predicted molar refractivity (Wildman–Crippen MR) is 83.4 cm³/mol. The molecule has 0 radical (unpaired) electrons. The molecule has 0 spiro atoms. The third-order valence-electron chi connectivity index (χ3n) is 4.01. The maximum Gasteiger partial charge on any atom is 0.263 e. The van der Waals surface area contributed by atoms with Crippen LogP contribution in [0.5, 0.6) is 0 Å². The van der Waals surface area contributed by atoms with Crippen LogP contribution in [0.1, 0.15) is 39.8 Å². The lowest BCUT2D eigenvalue weighted by Crippen LogP contribution is -2.41. The number of rotatable bonds is 4. The number of aryl methyl sites for hydroxylation is 2. The first-order chi connectivity index (χ1) is 10.4.